The molecular formula is C19H21N3O5. The lowest BCUT2D eigenvalue weighted by Gasteiger charge is -2.24. The first kappa shape index (κ1) is 19.9. The van der Waals surface area contributed by atoms with E-state index in [4.69, 9.17) is 4.74 Å². The van der Waals surface area contributed by atoms with E-state index in [0.29, 0.717) is 6.54 Å². The fourth-order valence-corrected chi connectivity index (χ4v) is 2.42. The number of nitrogens with zero attached hydrogens (tertiary/aromatic N) is 2. The van der Waals surface area contributed by atoms with E-state index in [-0.39, 0.29) is 23.4 Å². The average Bonchev–Trinajstić information content (AvgIpc) is 2.66. The van der Waals surface area contributed by atoms with Gasteiger partial charge >= 0.3 is 5.97 Å². The minimum Gasteiger partial charge on any atom is -0.462 e. The van der Waals surface area contributed by atoms with Gasteiger partial charge in [-0.1, -0.05) is 17.7 Å². The Morgan fingerprint density at radius 2 is 1.74 bits per heavy atom. The maximum Gasteiger partial charge on any atom is 0.338 e. The number of nitro benzene ring substituents is 1. The Kier molecular flexibility index (Phi) is 6.48. The van der Waals surface area contributed by atoms with E-state index < -0.39 is 16.8 Å². The summed E-state index contributed by atoms with van der Waals surface area (Å²) in [6.07, 6.45) is 0. The number of nitrogens with one attached hydrogen (secondary N) is 1. The van der Waals surface area contributed by atoms with Crippen molar-refractivity contribution in [3.8, 4) is 0 Å². The molecule has 0 saturated carbocycles. The predicted molar refractivity (Wildman–Crippen MR) is 101 cm³/mol. The molecule has 8 nitrogen and oxygen atoms in total. The first-order valence-electron chi connectivity index (χ1n) is 8.47. The van der Waals surface area contributed by atoms with Crippen molar-refractivity contribution < 1.29 is 19.2 Å². The SMILES string of the molecule is CCOC(=O)c1cc(C(=O)NN(CC)c2ccc(C)cc2)cc([N+](=O)[O-])c1. The van der Waals surface area contributed by atoms with E-state index in [0.717, 1.165) is 23.4 Å². The van der Waals surface area contributed by atoms with Crippen molar-refractivity contribution in [2.75, 3.05) is 18.2 Å². The van der Waals surface area contributed by atoms with Crippen LogP contribution < -0.4 is 10.4 Å². The van der Waals surface area contributed by atoms with Crippen molar-refractivity contribution >= 4 is 23.3 Å². The zero-order valence-corrected chi connectivity index (χ0v) is 15.4. The molecule has 8 heteroatoms. The molecule has 0 spiro atoms. The summed E-state index contributed by atoms with van der Waals surface area (Å²) >= 11 is 0. The van der Waals surface area contributed by atoms with Crippen LogP contribution in [0.25, 0.3) is 0 Å². The van der Waals surface area contributed by atoms with E-state index in [9.17, 15) is 19.7 Å². The van der Waals surface area contributed by atoms with Crippen molar-refractivity contribution in [2.45, 2.75) is 20.8 Å². The van der Waals surface area contributed by atoms with Crippen LogP contribution in [0.4, 0.5) is 11.4 Å². The molecule has 0 aliphatic carbocycles. The molecule has 0 fully saturated rings. The van der Waals surface area contributed by atoms with E-state index in [1.807, 2.05) is 38.1 Å². The van der Waals surface area contributed by atoms with Gasteiger partial charge in [0.25, 0.3) is 11.6 Å². The lowest BCUT2D eigenvalue weighted by Crippen LogP contribution is -2.42. The quantitative estimate of drug-likeness (QED) is 0.455. The smallest absolute Gasteiger partial charge is 0.338 e. The second-order valence-electron chi connectivity index (χ2n) is 5.77. The Balaban J connectivity index is 2.31. The Morgan fingerprint density at radius 1 is 1.11 bits per heavy atom. The highest BCUT2D eigenvalue weighted by Crippen LogP contribution is 2.19. The topological polar surface area (TPSA) is 102 Å². The average molecular weight is 371 g/mol. The Bertz CT molecular complexity index is 849. The van der Waals surface area contributed by atoms with Gasteiger partial charge in [0.1, 0.15) is 0 Å². The number of carbonyl (C=O) groups excluding carboxylic acids is 2. The zero-order chi connectivity index (χ0) is 20.0. The summed E-state index contributed by atoms with van der Waals surface area (Å²) in [5, 5.41) is 12.8. The van der Waals surface area contributed by atoms with Crippen molar-refractivity contribution in [2.24, 2.45) is 0 Å². The summed E-state index contributed by atoms with van der Waals surface area (Å²) in [7, 11) is 0. The third kappa shape index (κ3) is 5.04. The molecule has 0 bridgehead atoms. The number of nitro groups is 1. The van der Waals surface area contributed by atoms with Gasteiger partial charge in [-0.25, -0.2) is 4.79 Å². The van der Waals surface area contributed by atoms with Crippen molar-refractivity contribution in [3.63, 3.8) is 0 Å². The maximum absolute atomic E-state index is 12.6. The number of hydrogen-bond donors (Lipinski definition) is 1. The molecule has 0 aromatic heterocycles. The van der Waals surface area contributed by atoms with Crippen LogP contribution in [0.15, 0.2) is 42.5 Å². The predicted octanol–water partition coefficient (Wildman–Crippen LogP) is 3.25. The van der Waals surface area contributed by atoms with Crippen LogP contribution in [0, 0.1) is 17.0 Å². The summed E-state index contributed by atoms with van der Waals surface area (Å²) in [5.74, 6) is -1.28. The lowest BCUT2D eigenvalue weighted by atomic mass is 10.1. The second kappa shape index (κ2) is 8.79. The van der Waals surface area contributed by atoms with Gasteiger partial charge in [0.2, 0.25) is 0 Å². The highest BCUT2D eigenvalue weighted by atomic mass is 16.6. The summed E-state index contributed by atoms with van der Waals surface area (Å²) in [6, 6.07) is 11.0. The number of ether oxygens (including phenoxy) is 1. The molecular weight excluding hydrogens is 350 g/mol. The molecule has 0 radical (unpaired) electrons. The summed E-state index contributed by atoms with van der Waals surface area (Å²) in [4.78, 5) is 35.1. The number of anilines is 1. The van der Waals surface area contributed by atoms with Gasteiger partial charge in [-0.3, -0.25) is 25.3 Å². The van der Waals surface area contributed by atoms with Crippen molar-refractivity contribution in [1.82, 2.24) is 5.43 Å². The largest absolute Gasteiger partial charge is 0.462 e. The number of non-ortho nitro benzene ring substituents is 1. The standard InChI is InChI=1S/C19H21N3O5/c1-4-21(16-8-6-13(3)7-9-16)20-18(23)14-10-15(19(24)27-5-2)12-17(11-14)22(25)26/h6-12H,4-5H2,1-3H3,(H,20,23). The van der Waals surface area contributed by atoms with Crippen LogP contribution in [0.3, 0.4) is 0 Å². The van der Waals surface area contributed by atoms with Crippen LogP contribution in [-0.2, 0) is 4.74 Å². The summed E-state index contributed by atoms with van der Waals surface area (Å²) in [6.45, 7) is 6.05. The minimum atomic E-state index is -0.721. The molecule has 0 aliphatic rings. The highest BCUT2D eigenvalue weighted by molar-refractivity contribution is 5.99. The minimum absolute atomic E-state index is 0.00202. The van der Waals surface area contributed by atoms with Gasteiger partial charge in [0.15, 0.2) is 0 Å². The molecule has 1 amide bonds. The van der Waals surface area contributed by atoms with Crippen LogP contribution in [0.5, 0.6) is 0 Å². The number of hydrazine groups is 1. The van der Waals surface area contributed by atoms with Gasteiger partial charge in [0.05, 0.1) is 22.8 Å². The first-order valence-corrected chi connectivity index (χ1v) is 8.47. The van der Waals surface area contributed by atoms with Crippen LogP contribution >= 0.6 is 0 Å². The molecule has 142 valence electrons. The number of esters is 1. The van der Waals surface area contributed by atoms with Crippen molar-refractivity contribution in [3.05, 3.63) is 69.3 Å². The van der Waals surface area contributed by atoms with Crippen LogP contribution in [0.1, 0.15) is 40.1 Å². The molecule has 1 N–H and O–H groups in total. The molecule has 2 aromatic carbocycles. The zero-order valence-electron chi connectivity index (χ0n) is 15.4. The number of amides is 1. The molecule has 2 aromatic rings. The molecule has 0 atom stereocenters. The molecule has 0 saturated heterocycles. The number of hydrogen-bond acceptors (Lipinski definition) is 6. The number of rotatable bonds is 7. The second-order valence-corrected chi connectivity index (χ2v) is 5.77. The van der Waals surface area contributed by atoms with E-state index >= 15 is 0 Å². The molecule has 27 heavy (non-hydrogen) atoms. The van der Waals surface area contributed by atoms with Gasteiger partial charge in [0, 0.05) is 24.2 Å². The summed E-state index contributed by atoms with van der Waals surface area (Å²) in [5.41, 5.74) is 4.15. The van der Waals surface area contributed by atoms with E-state index in [2.05, 4.69) is 5.43 Å². The number of carbonyl (C=O) groups is 2. The lowest BCUT2D eigenvalue weighted by molar-refractivity contribution is -0.384. The van der Waals surface area contributed by atoms with Gasteiger partial charge in [-0.15, -0.1) is 0 Å². The monoisotopic (exact) mass is 371 g/mol. The van der Waals surface area contributed by atoms with Gasteiger partial charge < -0.3 is 4.74 Å². The Hall–Kier alpha value is -3.42. The fourth-order valence-electron chi connectivity index (χ4n) is 2.42. The Labute approximate surface area is 156 Å². The van der Waals surface area contributed by atoms with E-state index in [1.54, 1.807) is 11.9 Å². The Morgan fingerprint density at radius 3 is 2.30 bits per heavy atom. The molecule has 0 aliphatic heterocycles. The van der Waals surface area contributed by atoms with Gasteiger partial charge in [-0.2, -0.15) is 0 Å². The normalized spacial score (nSPS) is 10.2. The third-order valence-electron chi connectivity index (χ3n) is 3.80. The van der Waals surface area contributed by atoms with Crippen LogP contribution in [-0.4, -0.2) is 30.0 Å². The fraction of sp³-hybridized carbons (Fsp3) is 0.263. The summed E-state index contributed by atoms with van der Waals surface area (Å²) < 4.78 is 4.88. The first-order chi connectivity index (χ1) is 12.8. The van der Waals surface area contributed by atoms with E-state index in [1.165, 1.54) is 6.07 Å². The number of benzene rings is 2. The molecule has 0 heterocycles. The maximum atomic E-state index is 12.6. The van der Waals surface area contributed by atoms with Crippen LogP contribution in [0.2, 0.25) is 0 Å². The molecule has 2 rings (SSSR count). The van der Waals surface area contributed by atoms with Crippen molar-refractivity contribution in [1.29, 1.82) is 0 Å². The third-order valence-corrected chi connectivity index (χ3v) is 3.80. The number of aryl methyl sites for hydroxylation is 1. The molecule has 0 unspecified atom stereocenters. The van der Waals surface area contributed by atoms with Gasteiger partial charge in [-0.05, 0) is 39.0 Å². The highest BCUT2D eigenvalue weighted by Gasteiger charge is 2.20.